The van der Waals surface area contributed by atoms with E-state index >= 15 is 0 Å². The zero-order valence-corrected chi connectivity index (χ0v) is 17.0. The number of aryl methyl sites for hydroxylation is 1. The van der Waals surface area contributed by atoms with Gasteiger partial charge in [0.25, 0.3) is 5.69 Å². The molecule has 0 radical (unpaired) electrons. The zero-order valence-electron chi connectivity index (χ0n) is 16.1. The first-order valence-electron chi connectivity index (χ1n) is 9.11. The van der Waals surface area contributed by atoms with Crippen LogP contribution in [0.25, 0.3) is 0 Å². The Morgan fingerprint density at radius 3 is 2.70 bits per heavy atom. The number of rotatable bonds is 7. The highest BCUT2D eigenvalue weighted by Gasteiger charge is 2.29. The number of benzene rings is 1. The molecule has 160 valence electrons. The molecule has 1 aromatic heterocycles. The van der Waals surface area contributed by atoms with Gasteiger partial charge in [0.05, 0.1) is 28.3 Å². The Hall–Kier alpha value is -3.09. The lowest BCUT2D eigenvalue weighted by atomic mass is 10.1. The Balaban J connectivity index is 1.90. The Kier molecular flexibility index (Phi) is 6.29. The lowest BCUT2D eigenvalue weighted by molar-refractivity contribution is -0.384. The number of aromatic hydroxyl groups is 1. The van der Waals surface area contributed by atoms with Gasteiger partial charge in [-0.05, 0) is 31.9 Å². The molecular weight excluding hydrogens is 414 g/mol. The van der Waals surface area contributed by atoms with Crippen LogP contribution in [0.4, 0.5) is 11.4 Å². The van der Waals surface area contributed by atoms with Crippen molar-refractivity contribution in [1.82, 2.24) is 9.29 Å². The number of aromatic nitrogens is 1. The number of anilines is 1. The Labute approximate surface area is 172 Å². The largest absolute Gasteiger partial charge is 0.505 e. The summed E-state index contributed by atoms with van der Waals surface area (Å²) in [5.74, 6) is -0.173. The van der Waals surface area contributed by atoms with Crippen molar-refractivity contribution in [3.63, 3.8) is 0 Å². The van der Waals surface area contributed by atoms with Crippen molar-refractivity contribution in [2.75, 3.05) is 18.5 Å². The van der Waals surface area contributed by atoms with E-state index in [4.69, 9.17) is 0 Å². The SMILES string of the molecule is Cc1ncc(CO)c(/C=N/Nc2ccc(S(=O)(=O)N3CCCC3)cc2[N+](=O)[O-])c1O. The normalized spacial score (nSPS) is 15.0. The average Bonchev–Trinajstić information content (AvgIpc) is 3.27. The number of aliphatic hydroxyl groups excluding tert-OH is 1. The molecule has 0 spiro atoms. The second-order valence-electron chi connectivity index (χ2n) is 6.71. The fourth-order valence-corrected chi connectivity index (χ4v) is 4.62. The topological polar surface area (TPSA) is 158 Å². The van der Waals surface area contributed by atoms with Crippen molar-refractivity contribution in [3.8, 4) is 5.75 Å². The third kappa shape index (κ3) is 4.25. The van der Waals surface area contributed by atoms with E-state index in [0.29, 0.717) is 24.3 Å². The molecule has 0 amide bonds. The highest BCUT2D eigenvalue weighted by Crippen LogP contribution is 2.30. The molecule has 12 heteroatoms. The van der Waals surface area contributed by atoms with Crippen molar-refractivity contribution < 1.29 is 23.6 Å². The maximum atomic E-state index is 12.7. The van der Waals surface area contributed by atoms with Crippen LogP contribution in [-0.4, -0.2) is 52.1 Å². The summed E-state index contributed by atoms with van der Waals surface area (Å²) < 4.78 is 26.6. The number of nitro benzene ring substituents is 1. The van der Waals surface area contributed by atoms with E-state index in [1.165, 1.54) is 28.8 Å². The smallest absolute Gasteiger partial charge is 0.295 e. The standard InChI is InChI=1S/C18H21N5O6S/c1-12-18(25)15(13(11-24)9-19-12)10-20-21-16-5-4-14(8-17(16)23(26)27)30(28,29)22-6-2-3-7-22/h4-5,8-10,21,24-25H,2-3,6-7,11H2,1H3/b20-10+. The number of nitrogens with zero attached hydrogens (tertiary/aromatic N) is 4. The molecule has 30 heavy (non-hydrogen) atoms. The monoisotopic (exact) mass is 435 g/mol. The molecule has 2 heterocycles. The molecule has 3 rings (SSSR count). The van der Waals surface area contributed by atoms with Crippen LogP contribution >= 0.6 is 0 Å². The number of nitro groups is 1. The minimum absolute atomic E-state index is 0.0209. The fourth-order valence-electron chi connectivity index (χ4n) is 3.08. The number of pyridine rings is 1. The first kappa shape index (κ1) is 21.6. The zero-order chi connectivity index (χ0) is 21.9. The molecule has 1 fully saturated rings. The lowest BCUT2D eigenvalue weighted by Crippen LogP contribution is -2.27. The summed E-state index contributed by atoms with van der Waals surface area (Å²) >= 11 is 0. The van der Waals surface area contributed by atoms with Crippen molar-refractivity contribution in [1.29, 1.82) is 0 Å². The maximum Gasteiger partial charge on any atom is 0.295 e. The van der Waals surface area contributed by atoms with Crippen LogP contribution in [0.3, 0.4) is 0 Å². The van der Waals surface area contributed by atoms with Gasteiger partial charge in [0, 0.05) is 36.5 Å². The molecule has 0 atom stereocenters. The fraction of sp³-hybridized carbons (Fsp3) is 0.333. The van der Waals surface area contributed by atoms with E-state index in [-0.39, 0.29) is 28.5 Å². The van der Waals surface area contributed by atoms with Gasteiger partial charge in [0.2, 0.25) is 10.0 Å². The second kappa shape index (κ2) is 8.73. The van der Waals surface area contributed by atoms with Gasteiger partial charge in [-0.1, -0.05) is 0 Å². The number of hydrogen-bond acceptors (Lipinski definition) is 9. The lowest BCUT2D eigenvalue weighted by Gasteiger charge is -2.15. The highest BCUT2D eigenvalue weighted by molar-refractivity contribution is 7.89. The Morgan fingerprint density at radius 1 is 1.37 bits per heavy atom. The van der Waals surface area contributed by atoms with Crippen LogP contribution in [-0.2, 0) is 16.6 Å². The number of sulfonamides is 1. The van der Waals surface area contributed by atoms with Gasteiger partial charge in [0.1, 0.15) is 11.4 Å². The van der Waals surface area contributed by atoms with Gasteiger partial charge in [0.15, 0.2) is 0 Å². The first-order chi connectivity index (χ1) is 14.3. The van der Waals surface area contributed by atoms with Crippen LogP contribution in [0.2, 0.25) is 0 Å². The van der Waals surface area contributed by atoms with Gasteiger partial charge < -0.3 is 10.2 Å². The average molecular weight is 435 g/mol. The maximum absolute atomic E-state index is 12.7. The third-order valence-electron chi connectivity index (χ3n) is 4.78. The summed E-state index contributed by atoms with van der Waals surface area (Å²) in [7, 11) is -3.80. The van der Waals surface area contributed by atoms with Gasteiger partial charge in [-0.2, -0.15) is 9.41 Å². The molecular formula is C18H21N5O6S. The summed E-state index contributed by atoms with van der Waals surface area (Å²) in [6.45, 7) is 1.97. The van der Waals surface area contributed by atoms with Crippen LogP contribution < -0.4 is 5.43 Å². The minimum Gasteiger partial charge on any atom is -0.505 e. The second-order valence-corrected chi connectivity index (χ2v) is 8.64. The molecule has 1 aliphatic rings. The highest BCUT2D eigenvalue weighted by atomic mass is 32.2. The summed E-state index contributed by atoms with van der Waals surface area (Å²) in [6, 6.07) is 3.55. The quantitative estimate of drug-likeness (QED) is 0.337. The molecule has 2 aromatic rings. The van der Waals surface area contributed by atoms with E-state index in [9.17, 15) is 28.7 Å². The summed E-state index contributed by atoms with van der Waals surface area (Å²) in [6.07, 6.45) is 4.10. The predicted octanol–water partition coefficient (Wildman–Crippen LogP) is 1.73. The number of aliphatic hydroxyl groups is 1. The van der Waals surface area contributed by atoms with Crippen LogP contribution in [0, 0.1) is 17.0 Å². The molecule has 1 aliphatic heterocycles. The van der Waals surface area contributed by atoms with Gasteiger partial charge in [-0.15, -0.1) is 0 Å². The summed E-state index contributed by atoms with van der Waals surface area (Å²) in [5, 5.41) is 34.9. The van der Waals surface area contributed by atoms with Crippen LogP contribution in [0.15, 0.2) is 34.4 Å². The van der Waals surface area contributed by atoms with Crippen molar-refractivity contribution >= 4 is 27.6 Å². The predicted molar refractivity (Wildman–Crippen MR) is 109 cm³/mol. The van der Waals surface area contributed by atoms with Gasteiger partial charge in [-0.3, -0.25) is 20.5 Å². The molecule has 3 N–H and O–H groups in total. The Morgan fingerprint density at radius 2 is 2.07 bits per heavy atom. The van der Waals surface area contributed by atoms with E-state index in [1.807, 2.05) is 0 Å². The number of hydrogen-bond donors (Lipinski definition) is 3. The number of hydrazone groups is 1. The molecule has 11 nitrogen and oxygen atoms in total. The van der Waals surface area contributed by atoms with Crippen molar-refractivity contribution in [3.05, 3.63) is 51.3 Å². The molecule has 1 aromatic carbocycles. The minimum atomic E-state index is -3.80. The van der Waals surface area contributed by atoms with Crippen LogP contribution in [0.5, 0.6) is 5.75 Å². The first-order valence-corrected chi connectivity index (χ1v) is 10.6. The molecule has 0 bridgehead atoms. The van der Waals surface area contributed by atoms with Gasteiger partial charge in [-0.25, -0.2) is 8.42 Å². The molecule has 0 saturated carbocycles. The molecule has 1 saturated heterocycles. The summed E-state index contributed by atoms with van der Waals surface area (Å²) in [5.41, 5.74) is 2.89. The van der Waals surface area contributed by atoms with Gasteiger partial charge >= 0.3 is 0 Å². The van der Waals surface area contributed by atoms with Crippen molar-refractivity contribution in [2.24, 2.45) is 5.10 Å². The van der Waals surface area contributed by atoms with E-state index in [2.05, 4.69) is 15.5 Å². The van der Waals surface area contributed by atoms with E-state index in [0.717, 1.165) is 18.9 Å². The number of nitrogens with one attached hydrogen (secondary N) is 1. The third-order valence-corrected chi connectivity index (χ3v) is 6.67. The van der Waals surface area contributed by atoms with Crippen molar-refractivity contribution in [2.45, 2.75) is 31.3 Å². The Bertz CT molecular complexity index is 1100. The molecule has 0 aliphatic carbocycles. The van der Waals surface area contributed by atoms with E-state index < -0.39 is 20.6 Å². The van der Waals surface area contributed by atoms with Crippen LogP contribution in [0.1, 0.15) is 29.7 Å². The summed E-state index contributed by atoms with van der Waals surface area (Å²) in [4.78, 5) is 14.6. The molecule has 0 unspecified atom stereocenters. The van der Waals surface area contributed by atoms with E-state index in [1.54, 1.807) is 6.92 Å².